The van der Waals surface area contributed by atoms with Gasteiger partial charge in [0.25, 0.3) is 0 Å². The van der Waals surface area contributed by atoms with Gasteiger partial charge in [-0.15, -0.1) is 0 Å². The fraction of sp³-hybridized carbons (Fsp3) is 0.694. The van der Waals surface area contributed by atoms with Crippen LogP contribution in [0.3, 0.4) is 0 Å². The molecule has 0 spiro atoms. The van der Waals surface area contributed by atoms with Gasteiger partial charge in [0.2, 0.25) is 0 Å². The summed E-state index contributed by atoms with van der Waals surface area (Å²) < 4.78 is 40.9. The first-order valence-corrected chi connectivity index (χ1v) is 25.7. The van der Waals surface area contributed by atoms with Gasteiger partial charge in [-0.1, -0.05) is 127 Å². The second-order valence-corrected chi connectivity index (χ2v) is 18.0. The first kappa shape index (κ1) is 57.2. The van der Waals surface area contributed by atoms with Gasteiger partial charge in [0.15, 0.2) is 12.3 Å². The van der Waals surface area contributed by atoms with Gasteiger partial charge in [-0.3, -0.25) is 23.2 Å². The third kappa shape index (κ3) is 27.4. The summed E-state index contributed by atoms with van der Waals surface area (Å²) >= 11 is 0. The van der Waals surface area contributed by atoms with Crippen LogP contribution >= 0.6 is 7.82 Å². The first-order valence-electron chi connectivity index (χ1n) is 24.2. The van der Waals surface area contributed by atoms with Gasteiger partial charge in [-0.05, 0) is 83.1 Å². The molecule has 0 bridgehead atoms. The Labute approximate surface area is 388 Å². The summed E-state index contributed by atoms with van der Waals surface area (Å²) in [5.74, 6) is -2.34. The van der Waals surface area contributed by atoms with E-state index in [-0.39, 0.29) is 18.7 Å². The molecule has 4 N–H and O–H groups in total. The van der Waals surface area contributed by atoms with Gasteiger partial charge in [0.05, 0.1) is 19.3 Å². The minimum Gasteiger partial charge on any atom is -0.462 e. The number of esters is 2. The van der Waals surface area contributed by atoms with Crippen molar-refractivity contribution in [2.24, 2.45) is 5.92 Å². The maximum atomic E-state index is 13.0. The van der Waals surface area contributed by atoms with Gasteiger partial charge in [0, 0.05) is 19.0 Å². The number of hydrogen-bond donors (Lipinski definition) is 3. The predicted octanol–water partition coefficient (Wildman–Crippen LogP) is 10.4. The van der Waals surface area contributed by atoms with Crippen molar-refractivity contribution in [1.29, 1.82) is 5.26 Å². The maximum absolute atomic E-state index is 13.0. The number of aromatic nitrogens is 2. The molecule has 0 saturated carbocycles. The quantitative estimate of drug-likeness (QED) is 0.0243. The standard InChI is InChI=1S/C49H79N4O11P/c1-3-5-7-9-11-13-15-17-19-21-23-25-27-29-31-33-45(54)60-38-41(63-46(55)34-32-30-28-26-24-22-20-18-16-14-12-10-8-6-4-2)39-61-65(58,59)62-40-43-47(56)42(37-50)48(64-43)53-36-35-44(51)52-49(53)57/h11-14,17-20,35-36,41-43,47-48,56H,3-10,15-16,21-34,38-40H2,1-2H3,(H,58,59)(H2,51,52,57)/b13-11-,14-12-,19-17-,20-18-/t41?,42-,43+,47-,48+/m0/s1. The highest BCUT2D eigenvalue weighted by molar-refractivity contribution is 7.47. The van der Waals surface area contributed by atoms with Crippen molar-refractivity contribution >= 4 is 25.6 Å². The van der Waals surface area contributed by atoms with Crippen LogP contribution < -0.4 is 11.4 Å². The fourth-order valence-electron chi connectivity index (χ4n) is 7.04. The summed E-state index contributed by atoms with van der Waals surface area (Å²) in [6, 6.07) is 3.20. The third-order valence-electron chi connectivity index (χ3n) is 10.9. The number of phosphoric acid groups is 1. The summed E-state index contributed by atoms with van der Waals surface area (Å²) in [5.41, 5.74) is 4.74. The Balaban J connectivity index is 1.81. The van der Waals surface area contributed by atoms with E-state index >= 15 is 0 Å². The molecule has 1 saturated heterocycles. The minimum absolute atomic E-state index is 0.0474. The highest BCUT2D eigenvalue weighted by Gasteiger charge is 2.46. The van der Waals surface area contributed by atoms with E-state index in [0.29, 0.717) is 12.8 Å². The molecule has 0 amide bonds. The molecule has 1 fully saturated rings. The summed E-state index contributed by atoms with van der Waals surface area (Å²) in [7, 11) is -4.87. The monoisotopic (exact) mass is 931 g/mol. The number of allylic oxidation sites excluding steroid dienone is 8. The van der Waals surface area contributed by atoms with Gasteiger partial charge in [0.1, 0.15) is 30.6 Å². The summed E-state index contributed by atoms with van der Waals surface area (Å²) in [5, 5.41) is 20.4. The summed E-state index contributed by atoms with van der Waals surface area (Å²) in [4.78, 5) is 52.0. The normalized spacial score (nSPS) is 19.1. The Hall–Kier alpha value is -3.90. The van der Waals surface area contributed by atoms with Crippen LogP contribution in [-0.4, -0.2) is 69.6 Å². The number of aliphatic hydroxyl groups excluding tert-OH is 1. The Morgan fingerprint density at radius 2 is 1.31 bits per heavy atom. The third-order valence-corrected chi connectivity index (χ3v) is 11.8. The lowest BCUT2D eigenvalue weighted by atomic mass is 10.0. The molecule has 1 aliphatic heterocycles. The molecule has 2 rings (SSSR count). The number of rotatable bonds is 38. The van der Waals surface area contributed by atoms with Crippen LogP contribution in [0.5, 0.6) is 0 Å². The van der Waals surface area contributed by atoms with E-state index in [1.54, 1.807) is 0 Å². The van der Waals surface area contributed by atoms with Crippen molar-refractivity contribution in [3.8, 4) is 6.07 Å². The number of phosphoric ester groups is 1. The van der Waals surface area contributed by atoms with Gasteiger partial charge >= 0.3 is 25.5 Å². The molecule has 1 aromatic heterocycles. The number of nitrogen functional groups attached to an aromatic ring is 1. The Bertz CT molecular complexity index is 1730. The second kappa shape index (κ2) is 36.2. The van der Waals surface area contributed by atoms with E-state index in [1.807, 2.05) is 6.07 Å². The van der Waals surface area contributed by atoms with Crippen molar-refractivity contribution in [1.82, 2.24) is 9.55 Å². The zero-order valence-corrected chi connectivity index (χ0v) is 40.1. The van der Waals surface area contributed by atoms with Crippen LogP contribution in [0, 0.1) is 17.2 Å². The van der Waals surface area contributed by atoms with Crippen LogP contribution in [0.15, 0.2) is 65.7 Å². The number of carbonyl (C=O) groups is 2. The van der Waals surface area contributed by atoms with Crippen LogP contribution in [0.1, 0.15) is 174 Å². The number of carbonyl (C=O) groups excluding carboxylic acids is 2. The van der Waals surface area contributed by atoms with Crippen LogP contribution in [-0.2, 0) is 37.4 Å². The van der Waals surface area contributed by atoms with Crippen LogP contribution in [0.2, 0.25) is 0 Å². The summed E-state index contributed by atoms with van der Waals surface area (Å²) in [6.07, 6.45) is 36.9. The average molecular weight is 931 g/mol. The molecule has 1 aliphatic rings. The average Bonchev–Trinajstić information content (AvgIpc) is 3.60. The molecule has 6 atom stereocenters. The molecule has 366 valence electrons. The fourth-order valence-corrected chi connectivity index (χ4v) is 7.81. The largest absolute Gasteiger partial charge is 0.472 e. The number of aliphatic hydroxyl groups is 1. The molecule has 65 heavy (non-hydrogen) atoms. The van der Waals surface area contributed by atoms with Crippen molar-refractivity contribution in [3.05, 3.63) is 71.4 Å². The van der Waals surface area contributed by atoms with Crippen molar-refractivity contribution in [3.63, 3.8) is 0 Å². The number of nitrogens with zero attached hydrogens (tertiary/aromatic N) is 3. The van der Waals surface area contributed by atoms with Gasteiger partial charge in [-0.25, -0.2) is 9.36 Å². The van der Waals surface area contributed by atoms with Crippen molar-refractivity contribution in [2.75, 3.05) is 25.6 Å². The van der Waals surface area contributed by atoms with Gasteiger partial charge < -0.3 is 29.9 Å². The SMILES string of the molecule is CCCCC/C=C\C/C=C\CCCCCCCC(=O)OCC(COP(=O)(O)OC[C@H]1O[C@@H](n2ccc(N)nc2=O)[C@@H](C#N)[C@@H]1O)OC(=O)CCCCCCC/C=C\C/C=C\CCCCC. The molecule has 0 aliphatic carbocycles. The first-order chi connectivity index (χ1) is 31.5. The zero-order chi connectivity index (χ0) is 47.4. The minimum atomic E-state index is -4.87. The maximum Gasteiger partial charge on any atom is 0.472 e. The molecular weight excluding hydrogens is 852 g/mol. The number of unbranched alkanes of at least 4 members (excludes halogenated alkanes) is 16. The number of nitrogens with two attached hydrogens (primary N) is 1. The Morgan fingerprint density at radius 3 is 1.83 bits per heavy atom. The molecule has 2 heterocycles. The highest BCUT2D eigenvalue weighted by Crippen LogP contribution is 2.45. The predicted molar refractivity (Wildman–Crippen MR) is 253 cm³/mol. The second-order valence-electron chi connectivity index (χ2n) is 16.6. The van der Waals surface area contributed by atoms with Crippen molar-refractivity contribution < 1.29 is 47.4 Å². The molecule has 16 heteroatoms. The van der Waals surface area contributed by atoms with E-state index in [2.05, 4.69) is 67.4 Å². The lowest BCUT2D eigenvalue weighted by molar-refractivity contribution is -0.161. The molecule has 0 radical (unpaired) electrons. The number of ether oxygens (including phenoxy) is 3. The number of hydrogen-bond acceptors (Lipinski definition) is 13. The zero-order valence-electron chi connectivity index (χ0n) is 39.2. The van der Waals surface area contributed by atoms with Crippen LogP contribution in [0.4, 0.5) is 5.82 Å². The smallest absolute Gasteiger partial charge is 0.462 e. The summed E-state index contributed by atoms with van der Waals surface area (Å²) in [6.45, 7) is 2.69. The number of anilines is 1. The van der Waals surface area contributed by atoms with E-state index in [0.717, 1.165) is 94.5 Å². The Morgan fingerprint density at radius 1 is 0.800 bits per heavy atom. The van der Waals surface area contributed by atoms with E-state index in [4.69, 9.17) is 29.0 Å². The lowest BCUT2D eigenvalue weighted by Crippen LogP contribution is -2.32. The van der Waals surface area contributed by atoms with Crippen LogP contribution in [0.25, 0.3) is 0 Å². The van der Waals surface area contributed by atoms with E-state index in [9.17, 15) is 34.2 Å². The Kier molecular flexibility index (Phi) is 31.9. The molecular formula is C49H79N4O11P. The van der Waals surface area contributed by atoms with Gasteiger partial charge in [-0.2, -0.15) is 10.2 Å². The van der Waals surface area contributed by atoms with E-state index < -0.39 is 75.7 Å². The van der Waals surface area contributed by atoms with E-state index in [1.165, 1.54) is 50.8 Å². The molecule has 2 unspecified atom stereocenters. The molecule has 0 aromatic carbocycles. The lowest BCUT2D eigenvalue weighted by Gasteiger charge is -2.21. The topological polar surface area (TPSA) is 223 Å². The molecule has 1 aromatic rings. The number of nitriles is 1. The molecule has 15 nitrogen and oxygen atoms in total. The van der Waals surface area contributed by atoms with Crippen molar-refractivity contribution in [2.45, 2.75) is 192 Å². The highest BCUT2D eigenvalue weighted by atomic mass is 31.2.